The van der Waals surface area contributed by atoms with E-state index in [1.807, 2.05) is 0 Å². The minimum absolute atomic E-state index is 0.0289. The number of nitrogens with two attached hydrogens (primary N) is 1. The molecule has 0 spiro atoms. The molecule has 3 N–H and O–H groups in total. The Labute approximate surface area is 62.8 Å². The summed E-state index contributed by atoms with van der Waals surface area (Å²) in [7, 11) is 0. The average Bonchev–Trinajstić information content (AvgIpc) is 2.61. The number of ether oxygens (including phenoxy) is 1. The number of thiol groups is 1. The molecular weight excluding hydrogens is 150 g/mol. The van der Waals surface area contributed by atoms with Crippen molar-refractivity contribution in [3.63, 3.8) is 0 Å². The largest absolute Gasteiger partial charge is 0.506 e. The first-order valence-electron chi connectivity index (χ1n) is 2.72. The molecule has 0 amide bonds. The second-order valence-electron chi connectivity index (χ2n) is 2.09. The fraction of sp³-hybridized carbons (Fsp3) is 0. The Morgan fingerprint density at radius 1 is 1.50 bits per heavy atom. The van der Waals surface area contributed by atoms with Crippen molar-refractivity contribution in [2.75, 3.05) is 5.73 Å². The first-order chi connectivity index (χ1) is 4.70. The SMILES string of the molecule is Nc1c(O)cc(S)c2c1O2. The monoisotopic (exact) mass is 155 g/mol. The molecule has 1 aromatic rings. The zero-order valence-electron chi connectivity index (χ0n) is 4.96. The Bertz CT molecular complexity index is 307. The molecule has 52 valence electrons. The van der Waals surface area contributed by atoms with Gasteiger partial charge in [0.25, 0.3) is 0 Å². The smallest absolute Gasteiger partial charge is 0.198 e. The van der Waals surface area contributed by atoms with Gasteiger partial charge in [0, 0.05) is 0 Å². The first-order valence-corrected chi connectivity index (χ1v) is 3.17. The van der Waals surface area contributed by atoms with Gasteiger partial charge in [-0.15, -0.1) is 12.6 Å². The van der Waals surface area contributed by atoms with Gasteiger partial charge < -0.3 is 15.6 Å². The molecule has 0 saturated heterocycles. The molecular formula is C6H5NO2S. The number of phenolic OH excluding ortho intramolecular Hbond substituents is 1. The molecule has 1 aliphatic heterocycles. The molecule has 1 aliphatic rings. The molecule has 0 fully saturated rings. The summed E-state index contributed by atoms with van der Waals surface area (Å²) in [6, 6.07) is 1.46. The van der Waals surface area contributed by atoms with Gasteiger partial charge >= 0.3 is 0 Å². The highest BCUT2D eigenvalue weighted by Crippen LogP contribution is 2.57. The zero-order chi connectivity index (χ0) is 7.30. The maximum atomic E-state index is 9.06. The summed E-state index contributed by atoms with van der Waals surface area (Å²) in [5.41, 5.74) is 5.69. The Morgan fingerprint density at radius 3 is 2.90 bits per heavy atom. The van der Waals surface area contributed by atoms with Gasteiger partial charge in [0.2, 0.25) is 0 Å². The van der Waals surface area contributed by atoms with Crippen LogP contribution in [0.4, 0.5) is 5.69 Å². The van der Waals surface area contributed by atoms with Crippen molar-refractivity contribution in [1.82, 2.24) is 0 Å². The highest BCUT2D eigenvalue weighted by atomic mass is 32.1. The fourth-order valence-electron chi connectivity index (χ4n) is 0.812. The summed E-state index contributed by atoms with van der Waals surface area (Å²) >= 11 is 4.03. The van der Waals surface area contributed by atoms with Crippen molar-refractivity contribution in [2.24, 2.45) is 0 Å². The Morgan fingerprint density at radius 2 is 2.20 bits per heavy atom. The lowest BCUT2D eigenvalue weighted by Gasteiger charge is -1.91. The number of hydrogen-bond acceptors (Lipinski definition) is 4. The van der Waals surface area contributed by atoms with Gasteiger partial charge in [-0.1, -0.05) is 0 Å². The summed E-state index contributed by atoms with van der Waals surface area (Å²) in [5, 5.41) is 9.06. The Hall–Kier alpha value is -1.03. The zero-order valence-corrected chi connectivity index (χ0v) is 5.85. The summed E-state index contributed by atoms with van der Waals surface area (Å²) in [5.74, 6) is 1.27. The summed E-state index contributed by atoms with van der Waals surface area (Å²) in [6.45, 7) is 0. The van der Waals surface area contributed by atoms with E-state index in [-0.39, 0.29) is 5.75 Å². The predicted octanol–water partition coefficient (Wildman–Crippen LogP) is 1.37. The van der Waals surface area contributed by atoms with E-state index in [0.29, 0.717) is 22.1 Å². The van der Waals surface area contributed by atoms with Crippen LogP contribution in [0.15, 0.2) is 11.0 Å². The van der Waals surface area contributed by atoms with Crippen LogP contribution in [0, 0.1) is 0 Å². The van der Waals surface area contributed by atoms with Crippen LogP contribution >= 0.6 is 12.6 Å². The molecule has 0 bridgehead atoms. The van der Waals surface area contributed by atoms with E-state index < -0.39 is 0 Å². The molecule has 4 heteroatoms. The van der Waals surface area contributed by atoms with E-state index in [1.54, 1.807) is 0 Å². The molecule has 0 saturated carbocycles. The Kier molecular flexibility index (Phi) is 0.870. The molecule has 0 aromatic heterocycles. The third-order valence-corrected chi connectivity index (χ3v) is 1.73. The lowest BCUT2D eigenvalue weighted by Crippen LogP contribution is -1.80. The molecule has 1 aromatic carbocycles. The predicted molar refractivity (Wildman–Crippen MR) is 39.8 cm³/mol. The molecule has 0 radical (unpaired) electrons. The topological polar surface area (TPSA) is 58.8 Å². The number of phenols is 1. The van der Waals surface area contributed by atoms with Gasteiger partial charge in [-0.25, -0.2) is 0 Å². The van der Waals surface area contributed by atoms with Crippen molar-refractivity contribution in [1.29, 1.82) is 0 Å². The third kappa shape index (κ3) is 0.565. The van der Waals surface area contributed by atoms with E-state index in [4.69, 9.17) is 15.6 Å². The number of nitrogen functional groups attached to an aromatic ring is 1. The van der Waals surface area contributed by atoms with Crippen molar-refractivity contribution >= 4 is 18.3 Å². The number of rotatable bonds is 0. The van der Waals surface area contributed by atoms with Crippen LogP contribution in [0.25, 0.3) is 0 Å². The normalized spacial score (nSPS) is 12.1. The summed E-state index contributed by atoms with van der Waals surface area (Å²) < 4.78 is 4.92. The van der Waals surface area contributed by atoms with Crippen molar-refractivity contribution in [3.8, 4) is 17.2 Å². The third-order valence-electron chi connectivity index (χ3n) is 1.40. The van der Waals surface area contributed by atoms with Gasteiger partial charge in [0.15, 0.2) is 11.5 Å². The fourth-order valence-corrected chi connectivity index (χ4v) is 1.08. The number of anilines is 1. The summed E-state index contributed by atoms with van der Waals surface area (Å²) in [4.78, 5) is 0.627. The van der Waals surface area contributed by atoms with Gasteiger partial charge in [0.05, 0.1) is 4.90 Å². The van der Waals surface area contributed by atoms with Crippen LogP contribution in [-0.4, -0.2) is 5.11 Å². The van der Waals surface area contributed by atoms with Crippen LogP contribution in [0.2, 0.25) is 0 Å². The van der Waals surface area contributed by atoms with E-state index >= 15 is 0 Å². The minimum atomic E-state index is 0.0289. The number of hydrogen-bond donors (Lipinski definition) is 3. The molecule has 1 heterocycles. The molecule has 2 rings (SSSR count). The molecule has 0 atom stereocenters. The van der Waals surface area contributed by atoms with Gasteiger partial charge in [-0.3, -0.25) is 0 Å². The van der Waals surface area contributed by atoms with Gasteiger partial charge in [-0.05, 0) is 6.07 Å². The van der Waals surface area contributed by atoms with Gasteiger partial charge in [-0.2, -0.15) is 0 Å². The molecule has 10 heavy (non-hydrogen) atoms. The lowest BCUT2D eigenvalue weighted by atomic mass is 10.3. The van der Waals surface area contributed by atoms with Crippen LogP contribution in [0.5, 0.6) is 17.2 Å². The van der Waals surface area contributed by atoms with E-state index in [9.17, 15) is 0 Å². The van der Waals surface area contributed by atoms with Crippen molar-refractivity contribution < 1.29 is 9.84 Å². The Balaban J connectivity index is 2.71. The number of benzene rings is 1. The number of fused-ring (bicyclic) bond motifs is 1. The highest BCUT2D eigenvalue weighted by Gasteiger charge is 2.29. The maximum absolute atomic E-state index is 9.06. The van der Waals surface area contributed by atoms with E-state index in [2.05, 4.69) is 12.6 Å². The van der Waals surface area contributed by atoms with Crippen molar-refractivity contribution in [3.05, 3.63) is 6.07 Å². The number of aromatic hydroxyl groups is 1. The lowest BCUT2D eigenvalue weighted by molar-refractivity contribution is 0.477. The maximum Gasteiger partial charge on any atom is 0.198 e. The average molecular weight is 155 g/mol. The van der Waals surface area contributed by atoms with E-state index in [0.717, 1.165) is 0 Å². The van der Waals surface area contributed by atoms with Crippen LogP contribution in [0.1, 0.15) is 0 Å². The van der Waals surface area contributed by atoms with Crippen LogP contribution in [0.3, 0.4) is 0 Å². The first kappa shape index (κ1) is 5.73. The second kappa shape index (κ2) is 1.52. The van der Waals surface area contributed by atoms with Crippen LogP contribution < -0.4 is 10.5 Å². The molecule has 3 nitrogen and oxygen atoms in total. The summed E-state index contributed by atoms with van der Waals surface area (Å²) in [6.07, 6.45) is 0. The second-order valence-corrected chi connectivity index (χ2v) is 2.57. The molecule has 0 aliphatic carbocycles. The van der Waals surface area contributed by atoms with Gasteiger partial charge in [0.1, 0.15) is 11.4 Å². The quantitative estimate of drug-likeness (QED) is 0.233. The standard InChI is InChI=1S/C6H5NO2S/c7-4-2(8)1-3(10)5-6(4)9-5/h1,8,10H,7H2. The van der Waals surface area contributed by atoms with Crippen LogP contribution in [-0.2, 0) is 0 Å². The van der Waals surface area contributed by atoms with E-state index in [1.165, 1.54) is 6.07 Å². The highest BCUT2D eigenvalue weighted by molar-refractivity contribution is 7.80. The molecule has 0 unspecified atom stereocenters. The minimum Gasteiger partial charge on any atom is -0.506 e. The van der Waals surface area contributed by atoms with Crippen molar-refractivity contribution in [2.45, 2.75) is 4.90 Å².